The van der Waals surface area contributed by atoms with Gasteiger partial charge in [0.2, 0.25) is 0 Å². The van der Waals surface area contributed by atoms with Crippen LogP contribution in [0.2, 0.25) is 0 Å². The lowest BCUT2D eigenvalue weighted by Crippen LogP contribution is -2.27. The van der Waals surface area contributed by atoms with Crippen LogP contribution in [0.3, 0.4) is 0 Å². The lowest BCUT2D eigenvalue weighted by molar-refractivity contribution is -0.123. The number of hydrogen-bond acceptors (Lipinski definition) is 4. The highest BCUT2D eigenvalue weighted by atomic mass is 32.2. The Balaban J connectivity index is 1.73. The summed E-state index contributed by atoms with van der Waals surface area (Å²) in [6.45, 7) is 2.27. The summed E-state index contributed by atoms with van der Waals surface area (Å²) in [4.78, 5) is 26.2. The fourth-order valence-corrected chi connectivity index (χ4v) is 3.01. The molecular formula is C18H15NO3S. The normalized spacial score (nSPS) is 16.9. The third-order valence-corrected chi connectivity index (χ3v) is 4.44. The molecule has 5 heteroatoms. The first-order valence-electron chi connectivity index (χ1n) is 7.15. The van der Waals surface area contributed by atoms with Crippen LogP contribution in [0.25, 0.3) is 6.08 Å². The van der Waals surface area contributed by atoms with Crippen molar-refractivity contribution in [3.63, 3.8) is 0 Å². The highest BCUT2D eigenvalue weighted by Crippen LogP contribution is 2.32. The van der Waals surface area contributed by atoms with Crippen LogP contribution in [0.4, 0.5) is 4.79 Å². The fourth-order valence-electron chi connectivity index (χ4n) is 2.22. The van der Waals surface area contributed by atoms with E-state index in [1.807, 2.05) is 37.3 Å². The summed E-state index contributed by atoms with van der Waals surface area (Å²) < 4.78 is 5.17. The maximum atomic E-state index is 12.4. The standard InChI is InChI=1S/C18H15NO3S/c1-13-6-2-3-7-14(13)12-19-17(20)16(23-18(19)21)10-4-8-15-9-5-11-22-15/h2-11H,12H2,1H3/b8-4+,16-10-. The first kappa shape index (κ1) is 15.4. The van der Waals surface area contributed by atoms with Gasteiger partial charge in [0.1, 0.15) is 5.76 Å². The third kappa shape index (κ3) is 3.46. The number of nitrogens with zero attached hydrogens (tertiary/aromatic N) is 1. The van der Waals surface area contributed by atoms with Crippen molar-refractivity contribution >= 4 is 29.0 Å². The van der Waals surface area contributed by atoms with E-state index in [0.717, 1.165) is 22.9 Å². The summed E-state index contributed by atoms with van der Waals surface area (Å²) in [6.07, 6.45) is 6.68. The average Bonchev–Trinajstić information content (AvgIpc) is 3.13. The van der Waals surface area contributed by atoms with E-state index < -0.39 is 0 Å². The first-order valence-corrected chi connectivity index (χ1v) is 7.97. The Kier molecular flexibility index (Phi) is 4.48. The molecule has 2 heterocycles. The molecule has 1 saturated heterocycles. The van der Waals surface area contributed by atoms with Gasteiger partial charge in [-0.15, -0.1) is 0 Å². The number of carbonyl (C=O) groups is 2. The Morgan fingerprint density at radius 3 is 2.74 bits per heavy atom. The van der Waals surface area contributed by atoms with Crippen LogP contribution < -0.4 is 0 Å². The molecule has 0 aliphatic carbocycles. The second kappa shape index (κ2) is 6.71. The summed E-state index contributed by atoms with van der Waals surface area (Å²) in [5, 5.41) is -0.240. The van der Waals surface area contributed by atoms with Crippen LogP contribution >= 0.6 is 11.8 Å². The largest absolute Gasteiger partial charge is 0.465 e. The second-order valence-electron chi connectivity index (χ2n) is 5.09. The van der Waals surface area contributed by atoms with Gasteiger partial charge in [0.25, 0.3) is 11.1 Å². The zero-order valence-electron chi connectivity index (χ0n) is 12.6. The molecule has 4 nitrogen and oxygen atoms in total. The second-order valence-corrected chi connectivity index (χ2v) is 6.08. The maximum absolute atomic E-state index is 12.4. The van der Waals surface area contributed by atoms with Crippen molar-refractivity contribution in [2.45, 2.75) is 13.5 Å². The van der Waals surface area contributed by atoms with Crippen LogP contribution in [0, 0.1) is 6.92 Å². The van der Waals surface area contributed by atoms with E-state index in [0.29, 0.717) is 17.2 Å². The molecule has 3 rings (SSSR count). The third-order valence-electron chi connectivity index (χ3n) is 3.51. The van der Waals surface area contributed by atoms with Crippen molar-refractivity contribution in [1.82, 2.24) is 4.90 Å². The summed E-state index contributed by atoms with van der Waals surface area (Å²) in [5.74, 6) is 0.438. The van der Waals surface area contributed by atoms with E-state index >= 15 is 0 Å². The van der Waals surface area contributed by atoms with Crippen molar-refractivity contribution in [2.75, 3.05) is 0 Å². The van der Waals surface area contributed by atoms with E-state index in [2.05, 4.69) is 0 Å². The van der Waals surface area contributed by atoms with Gasteiger partial charge >= 0.3 is 0 Å². The van der Waals surface area contributed by atoms with Gasteiger partial charge in [0.15, 0.2) is 0 Å². The number of allylic oxidation sites excluding steroid dienone is 2. The van der Waals surface area contributed by atoms with Gasteiger partial charge in [-0.3, -0.25) is 14.5 Å². The van der Waals surface area contributed by atoms with Gasteiger partial charge < -0.3 is 4.42 Å². The van der Waals surface area contributed by atoms with E-state index in [9.17, 15) is 9.59 Å². The lowest BCUT2D eigenvalue weighted by atomic mass is 10.1. The maximum Gasteiger partial charge on any atom is 0.293 e. The van der Waals surface area contributed by atoms with Crippen molar-refractivity contribution < 1.29 is 14.0 Å². The van der Waals surface area contributed by atoms with Crippen molar-refractivity contribution in [3.8, 4) is 0 Å². The van der Waals surface area contributed by atoms with Crippen LogP contribution in [0.15, 0.2) is 64.1 Å². The number of carbonyl (C=O) groups excluding carboxylic acids is 2. The molecule has 1 aromatic carbocycles. The van der Waals surface area contributed by atoms with Gasteiger partial charge in [-0.05, 0) is 54.1 Å². The zero-order chi connectivity index (χ0) is 16.2. The minimum Gasteiger partial charge on any atom is -0.465 e. The van der Waals surface area contributed by atoms with Crippen LogP contribution in [-0.4, -0.2) is 16.0 Å². The van der Waals surface area contributed by atoms with Gasteiger partial charge in [-0.1, -0.05) is 30.3 Å². The van der Waals surface area contributed by atoms with Gasteiger partial charge in [0, 0.05) is 0 Å². The minimum absolute atomic E-state index is 0.240. The van der Waals surface area contributed by atoms with E-state index in [1.165, 1.54) is 4.90 Å². The summed E-state index contributed by atoms with van der Waals surface area (Å²) in [6, 6.07) is 11.3. The Hall–Kier alpha value is -2.53. The molecule has 0 atom stereocenters. The Morgan fingerprint density at radius 1 is 1.17 bits per heavy atom. The van der Waals surface area contributed by atoms with Crippen molar-refractivity contribution in [3.05, 3.63) is 76.6 Å². The predicted molar refractivity (Wildman–Crippen MR) is 90.5 cm³/mol. The molecular weight excluding hydrogens is 310 g/mol. The Labute approximate surface area is 138 Å². The number of thioether (sulfide) groups is 1. The molecule has 1 fully saturated rings. The minimum atomic E-state index is -0.257. The lowest BCUT2D eigenvalue weighted by Gasteiger charge is -2.14. The molecule has 1 aliphatic rings. The monoisotopic (exact) mass is 325 g/mol. The number of imide groups is 1. The SMILES string of the molecule is Cc1ccccc1CN1C(=O)S/C(=C\C=C\c2ccco2)C1=O. The predicted octanol–water partition coefficient (Wildman–Crippen LogP) is 4.38. The topological polar surface area (TPSA) is 50.5 Å². The molecule has 23 heavy (non-hydrogen) atoms. The molecule has 2 amide bonds. The smallest absolute Gasteiger partial charge is 0.293 e. The number of amides is 2. The fraction of sp³-hybridized carbons (Fsp3) is 0.111. The number of furan rings is 1. The molecule has 0 N–H and O–H groups in total. The summed E-state index contributed by atoms with van der Waals surface area (Å²) >= 11 is 0.961. The summed E-state index contributed by atoms with van der Waals surface area (Å²) in [5.41, 5.74) is 2.04. The molecule has 0 unspecified atom stereocenters. The molecule has 0 radical (unpaired) electrons. The van der Waals surface area contributed by atoms with Crippen LogP contribution in [-0.2, 0) is 11.3 Å². The molecule has 116 valence electrons. The quantitative estimate of drug-likeness (QED) is 0.783. The molecule has 0 saturated carbocycles. The van der Waals surface area contributed by atoms with Gasteiger partial charge in [-0.2, -0.15) is 0 Å². The van der Waals surface area contributed by atoms with Gasteiger partial charge in [0.05, 0.1) is 17.7 Å². The number of aryl methyl sites for hydroxylation is 1. The van der Waals surface area contributed by atoms with Crippen molar-refractivity contribution in [1.29, 1.82) is 0 Å². The Morgan fingerprint density at radius 2 is 2.00 bits per heavy atom. The van der Waals surface area contributed by atoms with E-state index in [1.54, 1.807) is 30.6 Å². The molecule has 0 bridgehead atoms. The van der Waals surface area contributed by atoms with Crippen LogP contribution in [0.1, 0.15) is 16.9 Å². The number of rotatable bonds is 4. The highest BCUT2D eigenvalue weighted by Gasteiger charge is 2.34. The van der Waals surface area contributed by atoms with Crippen LogP contribution in [0.5, 0.6) is 0 Å². The zero-order valence-corrected chi connectivity index (χ0v) is 13.4. The first-order chi connectivity index (χ1) is 11.1. The average molecular weight is 325 g/mol. The molecule has 0 spiro atoms. The number of benzene rings is 1. The Bertz CT molecular complexity index is 790. The van der Waals surface area contributed by atoms with Gasteiger partial charge in [-0.25, -0.2) is 0 Å². The van der Waals surface area contributed by atoms with Crippen molar-refractivity contribution in [2.24, 2.45) is 0 Å². The molecule has 1 aliphatic heterocycles. The molecule has 2 aromatic rings. The summed E-state index contributed by atoms with van der Waals surface area (Å²) in [7, 11) is 0. The number of hydrogen-bond donors (Lipinski definition) is 0. The molecule has 1 aromatic heterocycles. The van der Waals surface area contributed by atoms with E-state index in [-0.39, 0.29) is 11.1 Å². The highest BCUT2D eigenvalue weighted by molar-refractivity contribution is 8.18. The van der Waals surface area contributed by atoms with E-state index in [4.69, 9.17) is 4.42 Å².